The Hall–Kier alpha value is -2.54. The topological polar surface area (TPSA) is 75.7 Å². The van der Waals surface area contributed by atoms with Crippen molar-refractivity contribution >= 4 is 21.6 Å². The molecule has 0 aromatic heterocycles. The number of nitrogens with one attached hydrogen (secondary N) is 1. The zero-order valence-electron chi connectivity index (χ0n) is 16.1. The van der Waals surface area contributed by atoms with Gasteiger partial charge in [0.2, 0.25) is 15.9 Å². The van der Waals surface area contributed by atoms with E-state index in [-0.39, 0.29) is 18.5 Å². The number of hydrogen-bond acceptors (Lipinski definition) is 4. The molecule has 1 unspecified atom stereocenters. The number of sulfonamides is 1. The molecule has 1 atom stereocenters. The van der Waals surface area contributed by atoms with Crippen molar-refractivity contribution in [3.63, 3.8) is 0 Å². The van der Waals surface area contributed by atoms with Crippen molar-refractivity contribution < 1.29 is 17.9 Å². The Morgan fingerprint density at radius 3 is 2.19 bits per heavy atom. The average Bonchev–Trinajstić information content (AvgIpc) is 2.64. The first-order valence-electron chi connectivity index (χ1n) is 8.72. The van der Waals surface area contributed by atoms with Crippen LogP contribution in [0.2, 0.25) is 0 Å². The van der Waals surface area contributed by atoms with Crippen LogP contribution in [0.4, 0.5) is 5.69 Å². The molecule has 0 aliphatic heterocycles. The monoisotopic (exact) mass is 390 g/mol. The lowest BCUT2D eigenvalue weighted by molar-refractivity contribution is -0.120. The van der Waals surface area contributed by atoms with E-state index in [1.54, 1.807) is 24.3 Å². The number of carbonyl (C=O) groups is 1. The molecule has 1 amide bonds. The fourth-order valence-corrected chi connectivity index (χ4v) is 3.60. The highest BCUT2D eigenvalue weighted by atomic mass is 32.2. The van der Waals surface area contributed by atoms with E-state index < -0.39 is 10.0 Å². The summed E-state index contributed by atoms with van der Waals surface area (Å²) in [5.74, 6) is 0.255. The summed E-state index contributed by atoms with van der Waals surface area (Å²) >= 11 is 0. The summed E-state index contributed by atoms with van der Waals surface area (Å²) in [5, 5.41) is 2.93. The summed E-state index contributed by atoms with van der Waals surface area (Å²) in [5.41, 5.74) is 2.55. The van der Waals surface area contributed by atoms with Crippen molar-refractivity contribution in [1.29, 1.82) is 0 Å². The number of rotatable bonds is 8. The van der Waals surface area contributed by atoms with Crippen LogP contribution < -0.4 is 14.4 Å². The fraction of sp³-hybridized carbons (Fsp3) is 0.350. The van der Waals surface area contributed by atoms with Crippen molar-refractivity contribution in [1.82, 2.24) is 5.32 Å². The third kappa shape index (κ3) is 5.72. The van der Waals surface area contributed by atoms with Crippen LogP contribution in [0.5, 0.6) is 5.75 Å². The van der Waals surface area contributed by atoms with Crippen molar-refractivity contribution in [3.8, 4) is 5.75 Å². The van der Waals surface area contributed by atoms with Crippen molar-refractivity contribution in [2.24, 2.45) is 0 Å². The lowest BCUT2D eigenvalue weighted by atomic mass is 10.0. The molecule has 0 bridgehead atoms. The maximum atomic E-state index is 12.6. The maximum Gasteiger partial charge on any atom is 0.241 e. The Morgan fingerprint density at radius 1 is 1.11 bits per heavy atom. The van der Waals surface area contributed by atoms with Gasteiger partial charge >= 0.3 is 0 Å². The van der Waals surface area contributed by atoms with Crippen molar-refractivity contribution in [2.75, 3.05) is 24.2 Å². The smallest absolute Gasteiger partial charge is 0.241 e. The van der Waals surface area contributed by atoms with Gasteiger partial charge in [0.15, 0.2) is 0 Å². The van der Waals surface area contributed by atoms with E-state index in [4.69, 9.17) is 4.74 Å². The molecular formula is C20H26N2O4S. The van der Waals surface area contributed by atoms with Gasteiger partial charge in [-0.05, 0) is 43.2 Å². The lowest BCUT2D eigenvalue weighted by Crippen LogP contribution is -2.41. The quantitative estimate of drug-likeness (QED) is 0.752. The molecule has 0 aliphatic carbocycles. The summed E-state index contributed by atoms with van der Waals surface area (Å²) in [6.07, 6.45) is 1.79. The van der Waals surface area contributed by atoms with Crippen LogP contribution in [0, 0.1) is 6.92 Å². The summed E-state index contributed by atoms with van der Waals surface area (Å²) in [7, 11) is -2.08. The average molecular weight is 391 g/mol. The summed E-state index contributed by atoms with van der Waals surface area (Å²) in [6, 6.07) is 14.3. The summed E-state index contributed by atoms with van der Waals surface area (Å²) in [6.45, 7) is 3.69. The van der Waals surface area contributed by atoms with Gasteiger partial charge in [0, 0.05) is 0 Å². The predicted molar refractivity (Wildman–Crippen MR) is 108 cm³/mol. The third-order valence-electron chi connectivity index (χ3n) is 4.27. The van der Waals surface area contributed by atoms with E-state index in [0.717, 1.165) is 21.7 Å². The van der Waals surface area contributed by atoms with Gasteiger partial charge in [-0.25, -0.2) is 8.42 Å². The molecule has 2 aromatic carbocycles. The molecule has 0 saturated carbocycles. The first-order valence-corrected chi connectivity index (χ1v) is 10.6. The van der Waals surface area contributed by atoms with E-state index in [0.29, 0.717) is 17.9 Å². The number of nitrogens with zero attached hydrogens (tertiary/aromatic N) is 1. The Morgan fingerprint density at radius 2 is 1.70 bits per heavy atom. The minimum absolute atomic E-state index is 0.171. The highest BCUT2D eigenvalue weighted by Crippen LogP contribution is 2.22. The van der Waals surface area contributed by atoms with Gasteiger partial charge < -0.3 is 10.1 Å². The van der Waals surface area contributed by atoms with Gasteiger partial charge in [-0.1, -0.05) is 36.8 Å². The number of methoxy groups -OCH3 is 1. The molecule has 27 heavy (non-hydrogen) atoms. The standard InChI is InChI=1S/C20H26N2O4S/c1-5-19(16-8-6-15(2)7-9-16)21-20(23)14-22(27(4,24)25)17-10-12-18(26-3)13-11-17/h6-13,19H,5,14H2,1-4H3,(H,21,23). The van der Waals surface area contributed by atoms with Gasteiger partial charge in [-0.15, -0.1) is 0 Å². The molecule has 2 aromatic rings. The lowest BCUT2D eigenvalue weighted by Gasteiger charge is -2.24. The molecule has 2 rings (SSSR count). The second-order valence-electron chi connectivity index (χ2n) is 6.41. The highest BCUT2D eigenvalue weighted by molar-refractivity contribution is 7.92. The Labute approximate surface area is 161 Å². The Kier molecular flexibility index (Phi) is 6.85. The minimum atomic E-state index is -3.61. The largest absolute Gasteiger partial charge is 0.497 e. The number of amides is 1. The molecule has 7 heteroatoms. The van der Waals surface area contributed by atoms with Crippen LogP contribution in [-0.4, -0.2) is 34.2 Å². The van der Waals surface area contributed by atoms with Crippen molar-refractivity contribution in [2.45, 2.75) is 26.3 Å². The van der Waals surface area contributed by atoms with Crippen LogP contribution in [0.1, 0.15) is 30.5 Å². The number of ether oxygens (including phenoxy) is 1. The molecule has 0 radical (unpaired) electrons. The van der Waals surface area contributed by atoms with Gasteiger partial charge in [0.05, 0.1) is 25.1 Å². The highest BCUT2D eigenvalue weighted by Gasteiger charge is 2.22. The Balaban J connectivity index is 2.16. The predicted octanol–water partition coefficient (Wildman–Crippen LogP) is 3.04. The zero-order valence-corrected chi connectivity index (χ0v) is 16.9. The second-order valence-corrected chi connectivity index (χ2v) is 8.31. The van der Waals surface area contributed by atoms with Crippen molar-refractivity contribution in [3.05, 3.63) is 59.7 Å². The number of aryl methyl sites for hydroxylation is 1. The normalized spacial score (nSPS) is 12.3. The molecule has 0 heterocycles. The first kappa shape index (κ1) is 20.8. The number of benzene rings is 2. The molecule has 146 valence electrons. The molecule has 0 fully saturated rings. The molecular weight excluding hydrogens is 364 g/mol. The third-order valence-corrected chi connectivity index (χ3v) is 5.41. The van der Waals surface area contributed by atoms with Crippen LogP contribution in [0.15, 0.2) is 48.5 Å². The molecule has 0 saturated heterocycles. The SMILES string of the molecule is CCC(NC(=O)CN(c1ccc(OC)cc1)S(C)(=O)=O)c1ccc(C)cc1. The zero-order chi connectivity index (χ0) is 20.0. The molecule has 6 nitrogen and oxygen atoms in total. The van der Waals surface area contributed by atoms with E-state index in [1.807, 2.05) is 38.1 Å². The fourth-order valence-electron chi connectivity index (χ4n) is 2.74. The van der Waals surface area contributed by atoms with Gasteiger partial charge in [0.25, 0.3) is 0 Å². The molecule has 0 spiro atoms. The minimum Gasteiger partial charge on any atom is -0.497 e. The van der Waals surface area contributed by atoms with Crippen LogP contribution >= 0.6 is 0 Å². The maximum absolute atomic E-state index is 12.6. The van der Waals surface area contributed by atoms with Gasteiger partial charge in [-0.2, -0.15) is 0 Å². The van der Waals surface area contributed by atoms with Crippen LogP contribution in [-0.2, 0) is 14.8 Å². The van der Waals surface area contributed by atoms with Crippen LogP contribution in [0.3, 0.4) is 0 Å². The van der Waals surface area contributed by atoms with E-state index in [1.165, 1.54) is 7.11 Å². The van der Waals surface area contributed by atoms with E-state index in [9.17, 15) is 13.2 Å². The van der Waals surface area contributed by atoms with E-state index in [2.05, 4.69) is 5.32 Å². The number of hydrogen-bond donors (Lipinski definition) is 1. The summed E-state index contributed by atoms with van der Waals surface area (Å²) in [4.78, 5) is 12.6. The van der Waals surface area contributed by atoms with Gasteiger partial charge in [-0.3, -0.25) is 9.10 Å². The molecule has 0 aliphatic rings. The number of anilines is 1. The van der Waals surface area contributed by atoms with Crippen LogP contribution in [0.25, 0.3) is 0 Å². The Bertz CT molecular complexity index is 862. The summed E-state index contributed by atoms with van der Waals surface area (Å²) < 4.78 is 30.6. The first-order chi connectivity index (χ1) is 12.7. The van der Waals surface area contributed by atoms with E-state index >= 15 is 0 Å². The molecule has 1 N–H and O–H groups in total. The number of carbonyl (C=O) groups excluding carboxylic acids is 1. The second kappa shape index (κ2) is 8.90. The van der Waals surface area contributed by atoms with Gasteiger partial charge in [0.1, 0.15) is 12.3 Å².